The molecule has 1 rings (SSSR count). The van der Waals surface area contributed by atoms with Crippen LogP contribution in [0.15, 0.2) is 11.4 Å². The highest BCUT2D eigenvalue weighted by Crippen LogP contribution is 2.15. The van der Waals surface area contributed by atoms with Gasteiger partial charge in [0.25, 0.3) is 5.91 Å². The Morgan fingerprint density at radius 2 is 2.37 bits per heavy atom. The van der Waals surface area contributed by atoms with E-state index in [4.69, 9.17) is 5.11 Å². The molecule has 0 saturated carbocycles. The van der Waals surface area contributed by atoms with Gasteiger partial charge in [0.05, 0.1) is 6.61 Å². The normalized spacial score (nSPS) is 13.2. The number of aliphatic hydroxyl groups is 1. The van der Waals surface area contributed by atoms with Gasteiger partial charge in [0.15, 0.2) is 0 Å². The summed E-state index contributed by atoms with van der Waals surface area (Å²) in [5.74, 6) is 5.47. The highest BCUT2D eigenvalue weighted by molar-refractivity contribution is 7.84. The summed E-state index contributed by atoms with van der Waals surface area (Å²) in [6, 6.07) is 1.78. The number of amides is 1. The molecule has 1 aromatic heterocycles. The van der Waals surface area contributed by atoms with E-state index in [1.54, 1.807) is 17.7 Å². The third kappa shape index (κ3) is 5.15. The van der Waals surface area contributed by atoms with Gasteiger partial charge in [-0.3, -0.25) is 9.00 Å². The molecule has 0 aromatic carbocycles. The third-order valence-electron chi connectivity index (χ3n) is 2.45. The summed E-state index contributed by atoms with van der Waals surface area (Å²) in [4.78, 5) is 12.5. The second-order valence-corrected chi connectivity index (χ2v) is 6.68. The first kappa shape index (κ1) is 15.9. The molecule has 0 bridgehead atoms. The second-order valence-electron chi connectivity index (χ2n) is 3.96. The minimum absolute atomic E-state index is 0.0124. The fraction of sp³-hybridized carbons (Fsp3) is 0.462. The Labute approximate surface area is 119 Å². The summed E-state index contributed by atoms with van der Waals surface area (Å²) in [7, 11) is -0.952. The molecule has 0 radical (unpaired) electrons. The lowest BCUT2D eigenvalue weighted by Crippen LogP contribution is -2.32. The van der Waals surface area contributed by atoms with Crippen molar-refractivity contribution in [3.05, 3.63) is 21.9 Å². The van der Waals surface area contributed by atoms with E-state index in [0.717, 1.165) is 0 Å². The number of thiophene rings is 1. The lowest BCUT2D eigenvalue weighted by molar-refractivity contribution is 0.0958. The van der Waals surface area contributed by atoms with Gasteiger partial charge in [-0.25, -0.2) is 0 Å². The number of rotatable bonds is 5. The van der Waals surface area contributed by atoms with E-state index in [1.165, 1.54) is 11.3 Å². The molecule has 19 heavy (non-hydrogen) atoms. The maximum absolute atomic E-state index is 12.0. The molecule has 104 valence electrons. The summed E-state index contributed by atoms with van der Waals surface area (Å²) < 4.78 is 11.2. The van der Waals surface area contributed by atoms with Crippen LogP contribution >= 0.6 is 11.3 Å². The molecule has 0 aliphatic rings. The number of nitrogens with one attached hydrogen (secondary N) is 1. The number of carbonyl (C=O) groups is 1. The first-order valence-corrected chi connectivity index (χ1v) is 8.34. The predicted molar refractivity (Wildman–Crippen MR) is 78.8 cm³/mol. The largest absolute Gasteiger partial charge is 0.395 e. The molecular formula is C13H17NO3S2. The third-order valence-corrected chi connectivity index (χ3v) is 4.66. The van der Waals surface area contributed by atoms with Crippen LogP contribution in [0.1, 0.15) is 28.6 Å². The van der Waals surface area contributed by atoms with Crippen molar-refractivity contribution in [2.45, 2.75) is 18.6 Å². The predicted octanol–water partition coefficient (Wildman–Crippen LogP) is 0.979. The van der Waals surface area contributed by atoms with Crippen molar-refractivity contribution in [2.75, 3.05) is 19.4 Å². The molecule has 1 amide bonds. The maximum atomic E-state index is 12.0. The first-order valence-electron chi connectivity index (χ1n) is 5.84. The summed E-state index contributed by atoms with van der Waals surface area (Å²) >= 11 is 1.32. The van der Waals surface area contributed by atoms with Crippen molar-refractivity contribution >= 4 is 28.0 Å². The van der Waals surface area contributed by atoms with Gasteiger partial charge in [-0.2, -0.15) is 0 Å². The quantitative estimate of drug-likeness (QED) is 0.797. The Balaban J connectivity index is 2.66. The zero-order valence-corrected chi connectivity index (χ0v) is 12.6. The molecule has 0 spiro atoms. The van der Waals surface area contributed by atoms with Gasteiger partial charge >= 0.3 is 0 Å². The van der Waals surface area contributed by atoms with Crippen LogP contribution in [0.5, 0.6) is 0 Å². The zero-order chi connectivity index (χ0) is 14.3. The Bertz CT molecular complexity index is 513. The Morgan fingerprint density at radius 1 is 1.63 bits per heavy atom. The highest BCUT2D eigenvalue weighted by Gasteiger charge is 2.13. The van der Waals surface area contributed by atoms with Gasteiger partial charge in [0.2, 0.25) is 0 Å². The monoisotopic (exact) mass is 299 g/mol. The van der Waals surface area contributed by atoms with E-state index in [-0.39, 0.29) is 17.8 Å². The molecule has 2 unspecified atom stereocenters. The lowest BCUT2D eigenvalue weighted by atomic mass is 10.2. The average molecular weight is 299 g/mol. The topological polar surface area (TPSA) is 66.4 Å². The summed E-state index contributed by atoms with van der Waals surface area (Å²) in [5.41, 5.74) is 0.668. The van der Waals surface area contributed by atoms with Crippen molar-refractivity contribution in [3.8, 4) is 11.8 Å². The number of aliphatic hydroxyl groups excluding tert-OH is 1. The molecule has 0 aliphatic heterocycles. The van der Waals surface area contributed by atoms with E-state index in [9.17, 15) is 9.00 Å². The van der Waals surface area contributed by atoms with Gasteiger partial charge in [0, 0.05) is 40.8 Å². The molecular weight excluding hydrogens is 282 g/mol. The molecule has 6 heteroatoms. The van der Waals surface area contributed by atoms with Crippen molar-refractivity contribution in [1.29, 1.82) is 0 Å². The SMILES string of the molecule is CC(CNC(=O)c1sccc1C#CCCO)S(C)=O. The van der Waals surface area contributed by atoms with E-state index < -0.39 is 10.8 Å². The van der Waals surface area contributed by atoms with Crippen LogP contribution in [-0.2, 0) is 10.8 Å². The van der Waals surface area contributed by atoms with Crippen LogP contribution < -0.4 is 5.32 Å². The standard InChI is InChI=1S/C13H17NO3S2/c1-10(19(2)17)9-14-13(16)12-11(6-8-18-12)5-3-4-7-15/h6,8,10,15H,4,7,9H2,1-2H3,(H,14,16). The van der Waals surface area contributed by atoms with Crippen LogP contribution in [0.4, 0.5) is 0 Å². The second kappa shape index (κ2) is 8.10. The Morgan fingerprint density at radius 3 is 3.00 bits per heavy atom. The van der Waals surface area contributed by atoms with Gasteiger partial charge in [0.1, 0.15) is 4.88 Å². The molecule has 0 aliphatic carbocycles. The van der Waals surface area contributed by atoms with Gasteiger partial charge in [-0.1, -0.05) is 11.8 Å². The highest BCUT2D eigenvalue weighted by atomic mass is 32.2. The van der Waals surface area contributed by atoms with Gasteiger partial charge in [-0.05, 0) is 18.4 Å². The van der Waals surface area contributed by atoms with Crippen molar-refractivity contribution in [3.63, 3.8) is 0 Å². The van der Waals surface area contributed by atoms with Crippen LogP contribution in [0.3, 0.4) is 0 Å². The van der Waals surface area contributed by atoms with Crippen LogP contribution in [0, 0.1) is 11.8 Å². The minimum atomic E-state index is -0.952. The first-order chi connectivity index (χ1) is 9.06. The van der Waals surface area contributed by atoms with E-state index >= 15 is 0 Å². The van der Waals surface area contributed by atoms with E-state index in [1.807, 2.05) is 6.92 Å². The molecule has 1 heterocycles. The number of carbonyl (C=O) groups excluding carboxylic acids is 1. The Kier molecular flexibility index (Phi) is 6.78. The molecule has 0 fully saturated rings. The fourth-order valence-electron chi connectivity index (χ4n) is 1.23. The Hall–Kier alpha value is -1.16. The van der Waals surface area contributed by atoms with Crippen molar-refractivity contribution in [2.24, 2.45) is 0 Å². The van der Waals surface area contributed by atoms with Gasteiger partial charge in [-0.15, -0.1) is 11.3 Å². The average Bonchev–Trinajstić information content (AvgIpc) is 2.84. The van der Waals surface area contributed by atoms with Crippen LogP contribution in [0.2, 0.25) is 0 Å². The summed E-state index contributed by atoms with van der Waals surface area (Å²) in [5, 5.41) is 13.1. The molecule has 2 N–H and O–H groups in total. The summed E-state index contributed by atoms with van der Waals surface area (Å²) in [6.45, 7) is 2.22. The van der Waals surface area contributed by atoms with Gasteiger partial charge < -0.3 is 10.4 Å². The zero-order valence-electron chi connectivity index (χ0n) is 10.9. The molecule has 1 aromatic rings. The number of hydrogen-bond donors (Lipinski definition) is 2. The fourth-order valence-corrected chi connectivity index (χ4v) is 2.31. The lowest BCUT2D eigenvalue weighted by Gasteiger charge is -2.09. The minimum Gasteiger partial charge on any atom is -0.395 e. The molecule has 4 nitrogen and oxygen atoms in total. The smallest absolute Gasteiger partial charge is 0.262 e. The van der Waals surface area contributed by atoms with Crippen molar-refractivity contribution in [1.82, 2.24) is 5.32 Å². The number of hydrogen-bond acceptors (Lipinski definition) is 4. The molecule has 2 atom stereocenters. The van der Waals surface area contributed by atoms with E-state index in [0.29, 0.717) is 23.4 Å². The maximum Gasteiger partial charge on any atom is 0.262 e. The van der Waals surface area contributed by atoms with Crippen LogP contribution in [-0.4, -0.2) is 39.9 Å². The van der Waals surface area contributed by atoms with E-state index in [2.05, 4.69) is 17.2 Å². The van der Waals surface area contributed by atoms with Crippen molar-refractivity contribution < 1.29 is 14.1 Å². The summed E-state index contributed by atoms with van der Waals surface area (Å²) in [6.07, 6.45) is 2.01. The van der Waals surface area contributed by atoms with Crippen LogP contribution in [0.25, 0.3) is 0 Å². The molecule has 0 saturated heterocycles.